The number of nitrogens with one attached hydrogen (secondary N) is 1. The number of benzene rings is 1. The van der Waals surface area contributed by atoms with E-state index in [4.69, 9.17) is 4.74 Å². The molecule has 2 atom stereocenters. The van der Waals surface area contributed by atoms with Crippen LogP contribution >= 0.6 is 45.2 Å². The van der Waals surface area contributed by atoms with Gasteiger partial charge in [-0.05, 0) is 46.2 Å². The third-order valence-electron chi connectivity index (χ3n) is 2.65. The van der Waals surface area contributed by atoms with E-state index in [2.05, 4.69) is 62.6 Å². The number of fused-ring (bicyclic) bond motifs is 1. The van der Waals surface area contributed by atoms with Crippen LogP contribution < -0.4 is 5.32 Å². The highest BCUT2D eigenvalue weighted by Crippen LogP contribution is 2.33. The van der Waals surface area contributed by atoms with Gasteiger partial charge in [0.1, 0.15) is 6.04 Å². The van der Waals surface area contributed by atoms with Crippen LogP contribution in [0.1, 0.15) is 15.2 Å². The van der Waals surface area contributed by atoms with Crippen molar-refractivity contribution in [2.24, 2.45) is 0 Å². The fraction of sp³-hybridized carbons (Fsp3) is 0.364. The fourth-order valence-electron chi connectivity index (χ4n) is 1.88. The van der Waals surface area contributed by atoms with Crippen molar-refractivity contribution in [1.82, 2.24) is 5.32 Å². The Hall–Kier alpha value is 0.110. The maximum absolute atomic E-state index is 11.5. The first-order valence-electron chi connectivity index (χ1n) is 4.88. The van der Waals surface area contributed by atoms with E-state index in [1.54, 1.807) is 0 Å². The van der Waals surface area contributed by atoms with Crippen LogP contribution in [0.3, 0.4) is 0 Å². The quantitative estimate of drug-likeness (QED) is 0.314. The lowest BCUT2D eigenvalue weighted by atomic mass is 9.96. The number of hydrogen-bond donors (Lipinski definition) is 1. The molecule has 16 heavy (non-hydrogen) atoms. The Morgan fingerprint density at radius 1 is 1.56 bits per heavy atom. The summed E-state index contributed by atoms with van der Waals surface area (Å²) in [6, 6.07) is 5.98. The third kappa shape index (κ3) is 2.35. The first-order chi connectivity index (χ1) is 7.63. The monoisotopic (exact) mass is 443 g/mol. The lowest BCUT2D eigenvalue weighted by Gasteiger charge is -2.29. The minimum absolute atomic E-state index is 0.165. The highest BCUT2D eigenvalue weighted by molar-refractivity contribution is 14.1. The average Bonchev–Trinajstić information content (AvgIpc) is 2.27. The van der Waals surface area contributed by atoms with Crippen molar-refractivity contribution in [3.63, 3.8) is 0 Å². The normalized spacial score (nSPS) is 23.7. The maximum atomic E-state index is 11.5. The SMILES string of the molecule is COC(=O)C1Cc2cccc(I)c2C(I)N1. The molecule has 1 aromatic carbocycles. The Morgan fingerprint density at radius 2 is 2.31 bits per heavy atom. The maximum Gasteiger partial charge on any atom is 0.323 e. The van der Waals surface area contributed by atoms with Crippen LogP contribution in [0.15, 0.2) is 18.2 Å². The van der Waals surface area contributed by atoms with Crippen LogP contribution in [0.2, 0.25) is 0 Å². The molecule has 1 aliphatic heterocycles. The van der Waals surface area contributed by atoms with Crippen molar-refractivity contribution in [2.75, 3.05) is 7.11 Å². The van der Waals surface area contributed by atoms with Crippen LogP contribution in [-0.4, -0.2) is 19.1 Å². The zero-order valence-electron chi connectivity index (χ0n) is 8.67. The van der Waals surface area contributed by atoms with E-state index in [-0.39, 0.29) is 16.1 Å². The summed E-state index contributed by atoms with van der Waals surface area (Å²) in [5.74, 6) is -0.189. The van der Waals surface area contributed by atoms with E-state index in [9.17, 15) is 4.79 Å². The molecule has 0 radical (unpaired) electrons. The molecule has 3 nitrogen and oxygen atoms in total. The number of rotatable bonds is 1. The van der Waals surface area contributed by atoms with Crippen LogP contribution in [0, 0.1) is 3.57 Å². The van der Waals surface area contributed by atoms with Crippen molar-refractivity contribution in [3.8, 4) is 0 Å². The van der Waals surface area contributed by atoms with Gasteiger partial charge in [-0.3, -0.25) is 10.1 Å². The number of ether oxygens (including phenoxy) is 1. The molecule has 0 aromatic heterocycles. The van der Waals surface area contributed by atoms with Gasteiger partial charge in [0.25, 0.3) is 0 Å². The molecule has 1 aliphatic rings. The Kier molecular flexibility index (Phi) is 4.06. The summed E-state index contributed by atoms with van der Waals surface area (Å²) in [6.45, 7) is 0. The van der Waals surface area contributed by atoms with Crippen LogP contribution in [-0.2, 0) is 16.0 Å². The van der Waals surface area contributed by atoms with E-state index in [1.165, 1.54) is 21.8 Å². The van der Waals surface area contributed by atoms with Crippen LogP contribution in [0.25, 0.3) is 0 Å². The fourth-order valence-corrected chi connectivity index (χ4v) is 4.51. The van der Waals surface area contributed by atoms with Crippen LogP contribution in [0.5, 0.6) is 0 Å². The highest BCUT2D eigenvalue weighted by atomic mass is 127. The number of alkyl halides is 1. The molecule has 1 heterocycles. The summed E-state index contributed by atoms with van der Waals surface area (Å²) in [5.41, 5.74) is 2.53. The standard InChI is InChI=1S/C11H11I2NO2/c1-16-11(15)8-5-6-3-2-4-7(12)9(6)10(13)14-8/h2-4,8,10,14H,5H2,1H3. The molecular weight excluding hydrogens is 432 g/mol. The Labute approximate surface area is 122 Å². The summed E-state index contributed by atoms with van der Waals surface area (Å²) in [4.78, 5) is 11.5. The Morgan fingerprint density at radius 3 is 3.00 bits per heavy atom. The summed E-state index contributed by atoms with van der Waals surface area (Å²) < 4.78 is 6.18. The van der Waals surface area contributed by atoms with Crippen molar-refractivity contribution in [2.45, 2.75) is 16.5 Å². The van der Waals surface area contributed by atoms with E-state index in [0.29, 0.717) is 6.42 Å². The molecule has 2 unspecified atom stereocenters. The smallest absolute Gasteiger partial charge is 0.323 e. The van der Waals surface area contributed by atoms with Gasteiger partial charge in [-0.1, -0.05) is 34.7 Å². The third-order valence-corrected chi connectivity index (χ3v) is 4.58. The van der Waals surface area contributed by atoms with Gasteiger partial charge >= 0.3 is 5.97 Å². The summed E-state index contributed by atoms with van der Waals surface area (Å²) in [7, 11) is 1.43. The van der Waals surface area contributed by atoms with Gasteiger partial charge in [0.15, 0.2) is 0 Å². The summed E-state index contributed by atoms with van der Waals surface area (Å²) in [5, 5.41) is 3.27. The van der Waals surface area contributed by atoms with Crippen molar-refractivity contribution < 1.29 is 9.53 Å². The lowest BCUT2D eigenvalue weighted by Crippen LogP contribution is -2.43. The predicted molar refractivity (Wildman–Crippen MR) is 78.6 cm³/mol. The lowest BCUT2D eigenvalue weighted by molar-refractivity contribution is -0.143. The van der Waals surface area contributed by atoms with Gasteiger partial charge in [-0.15, -0.1) is 0 Å². The number of halogens is 2. The van der Waals surface area contributed by atoms with Gasteiger partial charge < -0.3 is 4.74 Å². The molecule has 5 heteroatoms. The van der Waals surface area contributed by atoms with Gasteiger partial charge in [0.05, 0.1) is 11.2 Å². The summed E-state index contributed by atoms with van der Waals surface area (Å²) >= 11 is 4.65. The van der Waals surface area contributed by atoms with E-state index in [1.807, 2.05) is 6.07 Å². The highest BCUT2D eigenvalue weighted by Gasteiger charge is 2.30. The first-order valence-corrected chi connectivity index (χ1v) is 7.21. The molecule has 0 amide bonds. The second kappa shape index (κ2) is 5.18. The zero-order chi connectivity index (χ0) is 11.7. The number of carbonyl (C=O) groups is 1. The molecule has 0 fully saturated rings. The summed E-state index contributed by atoms with van der Waals surface area (Å²) in [6.07, 6.45) is 0.707. The minimum Gasteiger partial charge on any atom is -0.468 e. The zero-order valence-corrected chi connectivity index (χ0v) is 13.0. The Balaban J connectivity index is 2.33. The largest absolute Gasteiger partial charge is 0.468 e. The molecule has 2 rings (SSSR count). The molecular formula is C11H11I2NO2. The van der Waals surface area contributed by atoms with Crippen molar-refractivity contribution in [1.29, 1.82) is 0 Å². The van der Waals surface area contributed by atoms with Gasteiger partial charge in [-0.2, -0.15) is 0 Å². The van der Waals surface area contributed by atoms with Gasteiger partial charge in [0.2, 0.25) is 0 Å². The topological polar surface area (TPSA) is 38.3 Å². The first kappa shape index (κ1) is 12.6. The second-order valence-corrected chi connectivity index (χ2v) is 6.03. The molecule has 1 aromatic rings. The van der Waals surface area contributed by atoms with Gasteiger partial charge in [-0.25, -0.2) is 0 Å². The van der Waals surface area contributed by atoms with Gasteiger partial charge in [0, 0.05) is 3.57 Å². The van der Waals surface area contributed by atoms with E-state index in [0.717, 1.165) is 0 Å². The minimum atomic E-state index is -0.224. The average molecular weight is 443 g/mol. The molecule has 0 bridgehead atoms. The van der Waals surface area contributed by atoms with Crippen molar-refractivity contribution in [3.05, 3.63) is 32.9 Å². The predicted octanol–water partition coefficient (Wildman–Crippen LogP) is 2.41. The molecule has 0 saturated carbocycles. The van der Waals surface area contributed by atoms with Crippen LogP contribution in [0.4, 0.5) is 0 Å². The second-order valence-electron chi connectivity index (χ2n) is 3.62. The number of carbonyl (C=O) groups excluding carboxylic acids is 1. The number of hydrogen-bond acceptors (Lipinski definition) is 3. The van der Waals surface area contributed by atoms with E-state index < -0.39 is 0 Å². The molecule has 0 aliphatic carbocycles. The molecule has 0 spiro atoms. The number of esters is 1. The molecule has 86 valence electrons. The Bertz CT molecular complexity index is 422. The number of methoxy groups -OCH3 is 1. The molecule has 1 N–H and O–H groups in total. The van der Waals surface area contributed by atoms with Crippen molar-refractivity contribution >= 4 is 51.2 Å². The molecule has 0 saturated heterocycles. The van der Waals surface area contributed by atoms with E-state index >= 15 is 0 Å².